The van der Waals surface area contributed by atoms with E-state index in [0.29, 0.717) is 6.04 Å². The van der Waals surface area contributed by atoms with E-state index in [-0.39, 0.29) is 0 Å². The molecule has 3 nitrogen and oxygen atoms in total. The quantitative estimate of drug-likeness (QED) is 0.865. The van der Waals surface area contributed by atoms with Gasteiger partial charge in [-0.3, -0.25) is 0 Å². The molecule has 0 radical (unpaired) electrons. The molecule has 0 aliphatic heterocycles. The Hall–Kier alpha value is -0.610. The maximum Gasteiger partial charge on any atom is 0.185 e. The molecule has 1 fully saturated rings. The van der Waals surface area contributed by atoms with Crippen LogP contribution in [0.5, 0.6) is 0 Å². The zero-order chi connectivity index (χ0) is 13.2. The van der Waals surface area contributed by atoms with Crippen LogP contribution in [0, 0.1) is 5.92 Å². The molecule has 0 bridgehead atoms. The van der Waals surface area contributed by atoms with Crippen molar-refractivity contribution in [3.05, 3.63) is 10.6 Å². The summed E-state index contributed by atoms with van der Waals surface area (Å²) >= 11 is 1.94. The average Bonchev–Trinajstić information content (AvgIpc) is 3.13. The molecule has 1 heterocycles. The van der Waals surface area contributed by atoms with E-state index in [1.54, 1.807) is 0 Å². The topological polar surface area (TPSA) is 28.2 Å². The Morgan fingerprint density at radius 3 is 2.84 bits per heavy atom. The molecule has 1 atom stereocenters. The summed E-state index contributed by atoms with van der Waals surface area (Å²) in [4.78, 5) is 9.00. The molecular weight excluding hydrogens is 254 g/mol. The fraction of sp³-hybridized carbons (Fsp3) is 0.800. The summed E-state index contributed by atoms with van der Waals surface area (Å²) in [6.45, 7) is 7.79. The third-order valence-electron chi connectivity index (χ3n) is 4.22. The lowest BCUT2D eigenvalue weighted by Gasteiger charge is -2.21. The number of hydrogen-bond donors (Lipinski definition) is 1. The normalized spacial score (nSPS) is 22.3. The van der Waals surface area contributed by atoms with Crippen LogP contribution < -0.4 is 10.2 Å². The second kappa shape index (κ2) is 5.80. The number of aryl methyl sites for hydroxylation is 1. The summed E-state index contributed by atoms with van der Waals surface area (Å²) in [6, 6.07) is 0.499. The summed E-state index contributed by atoms with van der Waals surface area (Å²) in [5.74, 6) is 0.936. The molecule has 0 saturated heterocycles. The lowest BCUT2D eigenvalue weighted by molar-refractivity contribution is 0.465. The van der Waals surface area contributed by atoms with Crippen LogP contribution in [-0.4, -0.2) is 24.6 Å². The molecule has 0 aromatic carbocycles. The zero-order valence-electron chi connectivity index (χ0n) is 12.1. The van der Waals surface area contributed by atoms with Gasteiger partial charge >= 0.3 is 0 Å². The monoisotopic (exact) mass is 279 g/mol. The van der Waals surface area contributed by atoms with Gasteiger partial charge in [-0.15, -0.1) is 11.3 Å². The van der Waals surface area contributed by atoms with Gasteiger partial charge in [0.2, 0.25) is 0 Å². The van der Waals surface area contributed by atoms with Crippen molar-refractivity contribution in [3.63, 3.8) is 0 Å². The highest BCUT2D eigenvalue weighted by atomic mass is 32.1. The lowest BCUT2D eigenvalue weighted by atomic mass is 9.98. The van der Waals surface area contributed by atoms with Crippen molar-refractivity contribution in [2.75, 3.05) is 24.5 Å². The fourth-order valence-electron chi connectivity index (χ4n) is 2.94. The van der Waals surface area contributed by atoms with Gasteiger partial charge in [-0.25, -0.2) is 4.98 Å². The van der Waals surface area contributed by atoms with Gasteiger partial charge in [-0.05, 0) is 51.5 Å². The van der Waals surface area contributed by atoms with Gasteiger partial charge in [0.05, 0.1) is 11.7 Å². The van der Waals surface area contributed by atoms with Crippen molar-refractivity contribution < 1.29 is 0 Å². The summed E-state index contributed by atoms with van der Waals surface area (Å²) < 4.78 is 0. The summed E-state index contributed by atoms with van der Waals surface area (Å²) in [7, 11) is 0. The maximum absolute atomic E-state index is 4.98. The largest absolute Gasteiger partial charge is 0.348 e. The highest BCUT2D eigenvalue weighted by Crippen LogP contribution is 2.38. The van der Waals surface area contributed by atoms with Crippen LogP contribution in [0.15, 0.2) is 0 Å². The summed E-state index contributed by atoms with van der Waals surface area (Å²) in [5, 5.41) is 4.86. The van der Waals surface area contributed by atoms with Gasteiger partial charge in [-0.1, -0.05) is 6.92 Å². The SMILES string of the molecule is CCNC1CCCc2sc(N(CC)CC3CC3)nc21. The molecule has 4 heteroatoms. The predicted octanol–water partition coefficient (Wildman–Crippen LogP) is 3.37. The van der Waals surface area contributed by atoms with E-state index >= 15 is 0 Å². The Bertz CT molecular complexity index is 425. The average molecular weight is 279 g/mol. The van der Waals surface area contributed by atoms with Crippen LogP contribution >= 0.6 is 11.3 Å². The molecule has 19 heavy (non-hydrogen) atoms. The molecule has 106 valence electrons. The number of hydrogen-bond acceptors (Lipinski definition) is 4. The second-order valence-electron chi connectivity index (χ2n) is 5.79. The van der Waals surface area contributed by atoms with Crippen molar-refractivity contribution in [1.29, 1.82) is 0 Å². The van der Waals surface area contributed by atoms with Crippen LogP contribution in [0.1, 0.15) is 56.1 Å². The van der Waals surface area contributed by atoms with Gasteiger partial charge in [-0.2, -0.15) is 0 Å². The lowest BCUT2D eigenvalue weighted by Crippen LogP contribution is -2.26. The predicted molar refractivity (Wildman–Crippen MR) is 82.1 cm³/mol. The first-order valence-corrected chi connectivity index (χ1v) is 8.61. The first-order valence-electron chi connectivity index (χ1n) is 7.79. The Balaban J connectivity index is 1.78. The molecule has 2 aliphatic carbocycles. The summed E-state index contributed by atoms with van der Waals surface area (Å²) in [6.07, 6.45) is 6.62. The van der Waals surface area contributed by atoms with Crippen LogP contribution in [0.2, 0.25) is 0 Å². The molecule has 1 saturated carbocycles. The van der Waals surface area contributed by atoms with Crippen molar-refractivity contribution in [2.45, 2.75) is 52.0 Å². The molecule has 1 aromatic heterocycles. The fourth-order valence-corrected chi connectivity index (χ4v) is 4.18. The molecule has 3 rings (SSSR count). The molecule has 1 aromatic rings. The number of nitrogens with zero attached hydrogens (tertiary/aromatic N) is 2. The van der Waals surface area contributed by atoms with Crippen molar-refractivity contribution in [1.82, 2.24) is 10.3 Å². The number of aromatic nitrogens is 1. The van der Waals surface area contributed by atoms with Crippen molar-refractivity contribution in [2.24, 2.45) is 5.92 Å². The number of fused-ring (bicyclic) bond motifs is 1. The minimum Gasteiger partial charge on any atom is -0.348 e. The van der Waals surface area contributed by atoms with E-state index in [2.05, 4.69) is 24.1 Å². The van der Waals surface area contributed by atoms with Gasteiger partial charge in [0.25, 0.3) is 0 Å². The van der Waals surface area contributed by atoms with Gasteiger partial charge < -0.3 is 10.2 Å². The molecular formula is C15H25N3S. The first kappa shape index (κ1) is 13.4. The van der Waals surface area contributed by atoms with E-state index in [1.165, 1.54) is 54.4 Å². The van der Waals surface area contributed by atoms with Gasteiger partial charge in [0.1, 0.15) is 0 Å². The Labute approximate surface area is 120 Å². The van der Waals surface area contributed by atoms with Crippen molar-refractivity contribution in [3.8, 4) is 0 Å². The number of rotatable bonds is 6. The Morgan fingerprint density at radius 1 is 1.32 bits per heavy atom. The van der Waals surface area contributed by atoms with Crippen molar-refractivity contribution >= 4 is 16.5 Å². The second-order valence-corrected chi connectivity index (χ2v) is 6.85. The smallest absolute Gasteiger partial charge is 0.185 e. The molecule has 2 aliphatic rings. The van der Waals surface area contributed by atoms with Crippen LogP contribution in [0.3, 0.4) is 0 Å². The van der Waals surface area contributed by atoms with Gasteiger partial charge in [0.15, 0.2) is 5.13 Å². The molecule has 1 unspecified atom stereocenters. The van der Waals surface area contributed by atoms with E-state index in [1.807, 2.05) is 11.3 Å². The van der Waals surface area contributed by atoms with E-state index in [0.717, 1.165) is 19.0 Å². The molecule has 1 N–H and O–H groups in total. The first-order chi connectivity index (χ1) is 9.31. The minimum absolute atomic E-state index is 0.499. The summed E-state index contributed by atoms with van der Waals surface area (Å²) in [5.41, 5.74) is 1.35. The van der Waals surface area contributed by atoms with Crippen LogP contribution in [-0.2, 0) is 6.42 Å². The highest BCUT2D eigenvalue weighted by Gasteiger charge is 2.28. The Kier molecular flexibility index (Phi) is 4.08. The van der Waals surface area contributed by atoms with E-state index in [4.69, 9.17) is 4.98 Å². The standard InChI is InChI=1S/C15H25N3S/c1-3-16-12-6-5-7-13-14(12)17-15(19-13)18(4-2)10-11-8-9-11/h11-12,16H,3-10H2,1-2H3. The zero-order valence-corrected chi connectivity index (χ0v) is 12.9. The number of thiazole rings is 1. The maximum atomic E-state index is 4.98. The van der Waals surface area contributed by atoms with Crippen LogP contribution in [0.4, 0.5) is 5.13 Å². The van der Waals surface area contributed by atoms with Crippen LogP contribution in [0.25, 0.3) is 0 Å². The van der Waals surface area contributed by atoms with E-state index in [9.17, 15) is 0 Å². The number of nitrogens with one attached hydrogen (secondary N) is 1. The van der Waals surface area contributed by atoms with Gasteiger partial charge in [0, 0.05) is 18.0 Å². The minimum atomic E-state index is 0.499. The highest BCUT2D eigenvalue weighted by molar-refractivity contribution is 7.15. The third-order valence-corrected chi connectivity index (χ3v) is 5.41. The Morgan fingerprint density at radius 2 is 2.16 bits per heavy atom. The molecule has 0 amide bonds. The third kappa shape index (κ3) is 2.95. The number of anilines is 1. The van der Waals surface area contributed by atoms with E-state index < -0.39 is 0 Å². The molecule has 0 spiro atoms.